The lowest BCUT2D eigenvalue weighted by atomic mass is 10.0. The first kappa shape index (κ1) is 13.0. The number of carbonyl (C=O) groups excluding carboxylic acids is 1. The van der Waals surface area contributed by atoms with Crippen LogP contribution in [-0.4, -0.2) is 20.8 Å². The van der Waals surface area contributed by atoms with Gasteiger partial charge in [0.05, 0.1) is 12.9 Å². The summed E-state index contributed by atoms with van der Waals surface area (Å²) in [5, 5.41) is 2.24. The van der Waals surface area contributed by atoms with Crippen molar-refractivity contribution >= 4 is 16.6 Å². The van der Waals surface area contributed by atoms with Crippen LogP contribution in [0.2, 0.25) is 0 Å². The van der Waals surface area contributed by atoms with Gasteiger partial charge in [0.2, 0.25) is 0 Å². The molecule has 1 aromatic heterocycles. The van der Waals surface area contributed by atoms with Gasteiger partial charge in [0.25, 0.3) is 0 Å². The third kappa shape index (κ3) is 2.69. The predicted octanol–water partition coefficient (Wildman–Crippen LogP) is 2.09. The zero-order valence-corrected chi connectivity index (χ0v) is 10.3. The summed E-state index contributed by atoms with van der Waals surface area (Å²) in [6.07, 6.45) is 5.12. The molecule has 2 aromatic carbocycles. The molecule has 1 heterocycles. The number of benzene rings is 2. The Kier molecular flexibility index (Phi) is 3.73. The average Bonchev–Trinajstić information content (AvgIpc) is 2.91. The molecule has 0 unspecified atom stereocenters. The summed E-state index contributed by atoms with van der Waals surface area (Å²) in [5.74, 6) is 0.0961. The standard InChI is InChI=1S/C15H12N2O.H2O/c18-15(10-17-8-7-16-11-17)14-6-5-12-3-1-2-4-13(12)9-14;/h1-9,11H,10H2;1H2. The van der Waals surface area contributed by atoms with Crippen LogP contribution in [0.25, 0.3) is 10.8 Å². The summed E-state index contributed by atoms with van der Waals surface area (Å²) < 4.78 is 1.78. The highest BCUT2D eigenvalue weighted by Gasteiger charge is 2.06. The van der Waals surface area contributed by atoms with E-state index in [1.54, 1.807) is 23.3 Å². The molecule has 0 aliphatic carbocycles. The van der Waals surface area contributed by atoms with Crippen LogP contribution in [0, 0.1) is 0 Å². The van der Waals surface area contributed by atoms with E-state index in [1.807, 2.05) is 42.5 Å². The first-order valence-electron chi connectivity index (χ1n) is 5.81. The van der Waals surface area contributed by atoms with Gasteiger partial charge in [0.15, 0.2) is 5.78 Å². The zero-order chi connectivity index (χ0) is 12.4. The van der Waals surface area contributed by atoms with Crippen molar-refractivity contribution in [3.63, 3.8) is 0 Å². The number of carbonyl (C=O) groups is 1. The van der Waals surface area contributed by atoms with E-state index in [-0.39, 0.29) is 11.3 Å². The van der Waals surface area contributed by atoms with Crippen molar-refractivity contribution in [1.29, 1.82) is 0 Å². The normalized spacial score (nSPS) is 10.1. The van der Waals surface area contributed by atoms with E-state index in [0.29, 0.717) is 6.54 Å². The Morgan fingerprint density at radius 2 is 1.89 bits per heavy atom. The monoisotopic (exact) mass is 254 g/mol. The Balaban J connectivity index is 0.00000133. The molecule has 0 bridgehead atoms. The lowest BCUT2D eigenvalue weighted by molar-refractivity contribution is 0.0972. The van der Waals surface area contributed by atoms with Gasteiger partial charge in [-0.05, 0) is 16.8 Å². The van der Waals surface area contributed by atoms with Gasteiger partial charge >= 0.3 is 0 Å². The van der Waals surface area contributed by atoms with Crippen molar-refractivity contribution in [3.05, 3.63) is 66.7 Å². The van der Waals surface area contributed by atoms with Gasteiger partial charge in [-0.3, -0.25) is 4.79 Å². The number of ketones is 1. The fraction of sp³-hybridized carbons (Fsp3) is 0.0667. The SMILES string of the molecule is O.O=C(Cn1ccnc1)c1ccc2ccccc2c1. The molecule has 4 nitrogen and oxygen atoms in total. The van der Waals surface area contributed by atoms with Gasteiger partial charge in [-0.25, -0.2) is 4.98 Å². The van der Waals surface area contributed by atoms with E-state index in [0.717, 1.165) is 16.3 Å². The van der Waals surface area contributed by atoms with Crippen LogP contribution in [0.15, 0.2) is 61.2 Å². The van der Waals surface area contributed by atoms with Gasteiger partial charge in [0.1, 0.15) is 0 Å². The van der Waals surface area contributed by atoms with Crippen molar-refractivity contribution in [2.45, 2.75) is 6.54 Å². The number of hydrogen-bond donors (Lipinski definition) is 0. The second-order valence-electron chi connectivity index (χ2n) is 4.22. The first-order valence-corrected chi connectivity index (χ1v) is 5.81. The molecule has 3 aromatic rings. The quantitative estimate of drug-likeness (QED) is 0.672. The Morgan fingerprint density at radius 3 is 2.63 bits per heavy atom. The second-order valence-corrected chi connectivity index (χ2v) is 4.22. The number of hydrogen-bond acceptors (Lipinski definition) is 2. The fourth-order valence-electron chi connectivity index (χ4n) is 2.00. The summed E-state index contributed by atoms with van der Waals surface area (Å²) >= 11 is 0. The Morgan fingerprint density at radius 1 is 1.11 bits per heavy atom. The summed E-state index contributed by atoms with van der Waals surface area (Å²) in [7, 11) is 0. The average molecular weight is 254 g/mol. The highest BCUT2D eigenvalue weighted by molar-refractivity contribution is 5.99. The van der Waals surface area contributed by atoms with Gasteiger partial charge in [-0.15, -0.1) is 0 Å². The van der Waals surface area contributed by atoms with Crippen LogP contribution in [0.3, 0.4) is 0 Å². The molecule has 2 N–H and O–H groups in total. The number of rotatable bonds is 3. The van der Waals surface area contributed by atoms with Crippen LogP contribution in [0.5, 0.6) is 0 Å². The number of aromatic nitrogens is 2. The van der Waals surface area contributed by atoms with E-state index in [4.69, 9.17) is 0 Å². The maximum Gasteiger partial charge on any atom is 0.182 e. The van der Waals surface area contributed by atoms with Crippen LogP contribution >= 0.6 is 0 Å². The molecule has 4 heteroatoms. The van der Waals surface area contributed by atoms with Crippen molar-refractivity contribution in [3.8, 4) is 0 Å². The lowest BCUT2D eigenvalue weighted by Gasteiger charge is -2.04. The Labute approximate surface area is 110 Å². The second kappa shape index (κ2) is 5.46. The molecule has 0 amide bonds. The molecular formula is C15H14N2O2. The van der Waals surface area contributed by atoms with Crippen molar-refractivity contribution in [2.24, 2.45) is 0 Å². The van der Waals surface area contributed by atoms with Crippen molar-refractivity contribution in [2.75, 3.05) is 0 Å². The highest BCUT2D eigenvalue weighted by atomic mass is 16.1. The number of fused-ring (bicyclic) bond motifs is 1. The Bertz CT molecular complexity index is 690. The summed E-state index contributed by atoms with van der Waals surface area (Å²) in [6.45, 7) is 0.332. The van der Waals surface area contributed by atoms with Gasteiger partial charge < -0.3 is 10.0 Å². The molecular weight excluding hydrogens is 240 g/mol. The van der Waals surface area contributed by atoms with Gasteiger partial charge in [-0.2, -0.15) is 0 Å². The van der Waals surface area contributed by atoms with Crippen LogP contribution in [0.4, 0.5) is 0 Å². The minimum absolute atomic E-state index is 0. The number of nitrogens with zero attached hydrogens (tertiary/aromatic N) is 2. The highest BCUT2D eigenvalue weighted by Crippen LogP contribution is 2.16. The summed E-state index contributed by atoms with van der Waals surface area (Å²) in [6, 6.07) is 13.8. The van der Waals surface area contributed by atoms with Crippen LogP contribution in [-0.2, 0) is 6.54 Å². The molecule has 0 spiro atoms. The van der Waals surface area contributed by atoms with E-state index in [9.17, 15) is 4.79 Å². The molecule has 0 aliphatic rings. The number of imidazole rings is 1. The number of Topliss-reactive ketones (excluding diaryl/α,β-unsaturated/α-hetero) is 1. The van der Waals surface area contributed by atoms with Crippen LogP contribution in [0.1, 0.15) is 10.4 Å². The van der Waals surface area contributed by atoms with Gasteiger partial charge in [0, 0.05) is 18.0 Å². The Hall–Kier alpha value is -2.46. The molecule has 0 aliphatic heterocycles. The zero-order valence-electron chi connectivity index (χ0n) is 10.3. The maximum absolute atomic E-state index is 12.1. The minimum atomic E-state index is 0. The third-order valence-electron chi connectivity index (χ3n) is 2.96. The van der Waals surface area contributed by atoms with Crippen LogP contribution < -0.4 is 0 Å². The molecule has 0 saturated carbocycles. The summed E-state index contributed by atoms with van der Waals surface area (Å²) in [5.41, 5.74) is 0.738. The van der Waals surface area contributed by atoms with Crippen molar-refractivity contribution in [1.82, 2.24) is 9.55 Å². The van der Waals surface area contributed by atoms with E-state index in [1.165, 1.54) is 0 Å². The van der Waals surface area contributed by atoms with Gasteiger partial charge in [-0.1, -0.05) is 36.4 Å². The first-order chi connectivity index (χ1) is 8.83. The predicted molar refractivity (Wildman–Crippen MR) is 74.1 cm³/mol. The molecule has 96 valence electrons. The summed E-state index contributed by atoms with van der Waals surface area (Å²) in [4.78, 5) is 16.0. The lowest BCUT2D eigenvalue weighted by Crippen LogP contribution is -2.08. The maximum atomic E-state index is 12.1. The smallest absolute Gasteiger partial charge is 0.182 e. The fourth-order valence-corrected chi connectivity index (χ4v) is 2.00. The van der Waals surface area contributed by atoms with E-state index < -0.39 is 0 Å². The largest absolute Gasteiger partial charge is 0.412 e. The molecule has 19 heavy (non-hydrogen) atoms. The minimum Gasteiger partial charge on any atom is -0.412 e. The topological polar surface area (TPSA) is 66.4 Å². The molecule has 0 fully saturated rings. The third-order valence-corrected chi connectivity index (χ3v) is 2.96. The molecule has 0 atom stereocenters. The van der Waals surface area contributed by atoms with Crippen molar-refractivity contribution < 1.29 is 10.3 Å². The van der Waals surface area contributed by atoms with E-state index in [2.05, 4.69) is 4.98 Å². The molecule has 3 rings (SSSR count). The molecule has 0 saturated heterocycles. The van der Waals surface area contributed by atoms with E-state index >= 15 is 0 Å². The molecule has 0 radical (unpaired) electrons.